The van der Waals surface area contributed by atoms with E-state index in [0.29, 0.717) is 0 Å². The zero-order chi connectivity index (χ0) is 13.8. The zero-order valence-corrected chi connectivity index (χ0v) is 11.6. The van der Waals surface area contributed by atoms with Crippen LogP contribution in [0.1, 0.15) is 31.4 Å². The van der Waals surface area contributed by atoms with E-state index in [0.717, 1.165) is 29.6 Å². The molecule has 1 aromatic heterocycles. The van der Waals surface area contributed by atoms with E-state index in [1.165, 1.54) is 5.56 Å². The Labute approximate surface area is 119 Å². The highest BCUT2D eigenvalue weighted by Crippen LogP contribution is 2.32. The van der Waals surface area contributed by atoms with Crippen molar-refractivity contribution in [3.8, 4) is 5.75 Å². The summed E-state index contributed by atoms with van der Waals surface area (Å²) in [7, 11) is 0. The monoisotopic (exact) mass is 266 g/mol. The predicted octanol–water partition coefficient (Wildman–Crippen LogP) is 5.35. The summed E-state index contributed by atoms with van der Waals surface area (Å²) in [5, 5.41) is 1.07. The van der Waals surface area contributed by atoms with Gasteiger partial charge in [-0.3, -0.25) is 0 Å². The number of hydrogen-bond acceptors (Lipinski definition) is 2. The minimum atomic E-state index is 0.0666. The van der Waals surface area contributed by atoms with Crippen molar-refractivity contribution in [3.05, 3.63) is 66.4 Å². The topological polar surface area (TPSA) is 22.4 Å². The van der Waals surface area contributed by atoms with Gasteiger partial charge >= 0.3 is 0 Å². The van der Waals surface area contributed by atoms with Crippen molar-refractivity contribution in [1.29, 1.82) is 0 Å². The van der Waals surface area contributed by atoms with Crippen molar-refractivity contribution in [3.63, 3.8) is 0 Å². The third-order valence-electron chi connectivity index (χ3n) is 3.43. The van der Waals surface area contributed by atoms with Crippen LogP contribution < -0.4 is 4.74 Å². The van der Waals surface area contributed by atoms with Crippen LogP contribution in [-0.4, -0.2) is 0 Å². The first-order valence-corrected chi connectivity index (χ1v) is 7.06. The molecule has 2 heteroatoms. The molecule has 0 saturated heterocycles. The quantitative estimate of drug-likeness (QED) is 0.620. The van der Waals surface area contributed by atoms with Gasteiger partial charge < -0.3 is 9.15 Å². The van der Waals surface area contributed by atoms with Crippen molar-refractivity contribution >= 4 is 11.0 Å². The average Bonchev–Trinajstić information content (AvgIpc) is 2.97. The molecule has 0 saturated carbocycles. The minimum absolute atomic E-state index is 0.0666. The van der Waals surface area contributed by atoms with Crippen LogP contribution in [0.2, 0.25) is 0 Å². The molecule has 0 amide bonds. The second-order valence-corrected chi connectivity index (χ2v) is 4.90. The maximum absolute atomic E-state index is 6.22. The maximum Gasteiger partial charge on any atom is 0.175 e. The van der Waals surface area contributed by atoms with Gasteiger partial charge in [0.15, 0.2) is 11.3 Å². The number of benzene rings is 2. The Morgan fingerprint density at radius 2 is 1.85 bits per heavy atom. The third kappa shape index (κ3) is 2.55. The van der Waals surface area contributed by atoms with Gasteiger partial charge in [-0.15, -0.1) is 0 Å². The first-order chi connectivity index (χ1) is 9.88. The molecular weight excluding hydrogens is 248 g/mol. The molecular formula is C18H18O2. The molecule has 0 aliphatic rings. The van der Waals surface area contributed by atoms with Gasteiger partial charge in [0.2, 0.25) is 0 Å². The van der Waals surface area contributed by atoms with E-state index in [-0.39, 0.29) is 6.10 Å². The first kappa shape index (κ1) is 12.8. The Bertz CT molecular complexity index is 670. The van der Waals surface area contributed by atoms with Crippen LogP contribution in [0.4, 0.5) is 0 Å². The molecule has 2 aromatic carbocycles. The SMILES string of the molecule is CCCC(Oc1cccc2ccoc12)c1ccccc1. The summed E-state index contributed by atoms with van der Waals surface area (Å²) in [5.74, 6) is 0.815. The van der Waals surface area contributed by atoms with Gasteiger partial charge in [-0.1, -0.05) is 55.8 Å². The van der Waals surface area contributed by atoms with E-state index < -0.39 is 0 Å². The molecule has 0 N–H and O–H groups in total. The first-order valence-electron chi connectivity index (χ1n) is 7.06. The molecule has 2 nitrogen and oxygen atoms in total. The Morgan fingerprint density at radius 1 is 1.00 bits per heavy atom. The lowest BCUT2D eigenvalue weighted by molar-refractivity contribution is 0.194. The van der Waals surface area contributed by atoms with Gasteiger partial charge in [0, 0.05) is 5.39 Å². The van der Waals surface area contributed by atoms with E-state index in [1.54, 1.807) is 6.26 Å². The highest BCUT2D eigenvalue weighted by molar-refractivity contribution is 5.82. The lowest BCUT2D eigenvalue weighted by Crippen LogP contribution is -2.07. The Hall–Kier alpha value is -2.22. The molecule has 20 heavy (non-hydrogen) atoms. The molecule has 0 aliphatic heterocycles. The lowest BCUT2D eigenvalue weighted by atomic mass is 10.1. The van der Waals surface area contributed by atoms with Crippen LogP contribution in [0.3, 0.4) is 0 Å². The molecule has 0 spiro atoms. The number of furan rings is 1. The summed E-state index contributed by atoms with van der Waals surface area (Å²) >= 11 is 0. The van der Waals surface area contributed by atoms with E-state index >= 15 is 0 Å². The molecule has 3 aromatic rings. The van der Waals surface area contributed by atoms with E-state index in [4.69, 9.17) is 9.15 Å². The molecule has 1 heterocycles. The fourth-order valence-corrected chi connectivity index (χ4v) is 2.44. The molecule has 0 aliphatic carbocycles. The van der Waals surface area contributed by atoms with Gasteiger partial charge in [-0.05, 0) is 24.1 Å². The summed E-state index contributed by atoms with van der Waals surface area (Å²) in [6.45, 7) is 2.17. The number of hydrogen-bond donors (Lipinski definition) is 0. The summed E-state index contributed by atoms with van der Waals surface area (Å²) in [4.78, 5) is 0. The number of rotatable bonds is 5. The van der Waals surface area contributed by atoms with Crippen molar-refractivity contribution in [1.82, 2.24) is 0 Å². The smallest absolute Gasteiger partial charge is 0.175 e. The molecule has 0 radical (unpaired) electrons. The van der Waals surface area contributed by atoms with Crippen molar-refractivity contribution in [2.75, 3.05) is 0 Å². The van der Waals surface area contributed by atoms with Crippen LogP contribution in [-0.2, 0) is 0 Å². The van der Waals surface area contributed by atoms with Gasteiger partial charge in [0.05, 0.1) is 6.26 Å². The molecule has 0 fully saturated rings. The third-order valence-corrected chi connectivity index (χ3v) is 3.43. The zero-order valence-electron chi connectivity index (χ0n) is 11.6. The van der Waals surface area contributed by atoms with E-state index in [1.807, 2.05) is 30.3 Å². The fourth-order valence-electron chi connectivity index (χ4n) is 2.44. The Morgan fingerprint density at radius 3 is 2.65 bits per heavy atom. The van der Waals surface area contributed by atoms with Crippen molar-refractivity contribution in [2.45, 2.75) is 25.9 Å². The highest BCUT2D eigenvalue weighted by Gasteiger charge is 2.14. The number of para-hydroxylation sites is 1. The van der Waals surface area contributed by atoms with E-state index in [2.05, 4.69) is 31.2 Å². The molecule has 3 rings (SSSR count). The number of ether oxygens (including phenoxy) is 1. The second kappa shape index (κ2) is 5.83. The molecule has 102 valence electrons. The van der Waals surface area contributed by atoms with Crippen LogP contribution in [0, 0.1) is 0 Å². The Balaban J connectivity index is 1.92. The van der Waals surface area contributed by atoms with Gasteiger partial charge in [0.1, 0.15) is 6.10 Å². The average molecular weight is 266 g/mol. The standard InChI is InChI=1S/C18H18O2/c1-2-7-16(14-8-4-3-5-9-14)20-17-11-6-10-15-12-13-19-18(15)17/h3-6,8-13,16H,2,7H2,1H3. The predicted molar refractivity (Wildman–Crippen MR) is 80.9 cm³/mol. The van der Waals surface area contributed by atoms with Gasteiger partial charge in [-0.25, -0.2) is 0 Å². The van der Waals surface area contributed by atoms with Crippen LogP contribution >= 0.6 is 0 Å². The van der Waals surface area contributed by atoms with Crippen LogP contribution in [0.25, 0.3) is 11.0 Å². The summed E-state index contributed by atoms with van der Waals surface area (Å²) in [6.07, 6.45) is 3.83. The normalized spacial score (nSPS) is 12.4. The molecule has 0 bridgehead atoms. The summed E-state index contributed by atoms with van der Waals surface area (Å²) in [6, 6.07) is 18.3. The fraction of sp³-hybridized carbons (Fsp3) is 0.222. The molecule has 1 unspecified atom stereocenters. The minimum Gasteiger partial charge on any atom is -0.482 e. The van der Waals surface area contributed by atoms with E-state index in [9.17, 15) is 0 Å². The maximum atomic E-state index is 6.22. The highest BCUT2D eigenvalue weighted by atomic mass is 16.5. The van der Waals surface area contributed by atoms with Crippen molar-refractivity contribution in [2.24, 2.45) is 0 Å². The second-order valence-electron chi connectivity index (χ2n) is 4.90. The van der Waals surface area contributed by atoms with Crippen LogP contribution in [0.15, 0.2) is 65.3 Å². The summed E-state index contributed by atoms with van der Waals surface area (Å²) < 4.78 is 11.8. The van der Waals surface area contributed by atoms with Crippen LogP contribution in [0.5, 0.6) is 5.75 Å². The lowest BCUT2D eigenvalue weighted by Gasteiger charge is -2.19. The van der Waals surface area contributed by atoms with Gasteiger partial charge in [0.25, 0.3) is 0 Å². The van der Waals surface area contributed by atoms with Gasteiger partial charge in [-0.2, -0.15) is 0 Å². The summed E-state index contributed by atoms with van der Waals surface area (Å²) in [5.41, 5.74) is 2.03. The number of fused-ring (bicyclic) bond motifs is 1. The van der Waals surface area contributed by atoms with Crippen molar-refractivity contribution < 1.29 is 9.15 Å². The Kier molecular flexibility index (Phi) is 3.73. The molecule has 1 atom stereocenters. The largest absolute Gasteiger partial charge is 0.482 e.